The standard InChI is InChI=1S/C21H16Cl2N2O3/c22-14-8-10-17(11-9-14)28-13-20(26)24-15-4-3-5-16(12-15)25-21(27)18-6-1-2-7-19(18)23/h1-12H,13H2,(H,24,26)(H,25,27). The number of halogens is 2. The predicted octanol–water partition coefficient (Wildman–Crippen LogP) is 5.26. The fourth-order valence-electron chi connectivity index (χ4n) is 2.40. The van der Waals surface area contributed by atoms with Gasteiger partial charge in [0.1, 0.15) is 5.75 Å². The van der Waals surface area contributed by atoms with Gasteiger partial charge in [-0.3, -0.25) is 9.59 Å². The molecule has 0 saturated carbocycles. The smallest absolute Gasteiger partial charge is 0.262 e. The Balaban J connectivity index is 1.58. The van der Waals surface area contributed by atoms with Crippen molar-refractivity contribution in [1.82, 2.24) is 0 Å². The second-order valence-corrected chi connectivity index (χ2v) is 6.65. The Morgan fingerprint density at radius 2 is 1.50 bits per heavy atom. The Bertz CT molecular complexity index is 991. The quantitative estimate of drug-likeness (QED) is 0.577. The highest BCUT2D eigenvalue weighted by molar-refractivity contribution is 6.34. The first-order chi connectivity index (χ1) is 13.5. The Hall–Kier alpha value is -3.02. The van der Waals surface area contributed by atoms with Crippen molar-refractivity contribution in [2.75, 3.05) is 17.2 Å². The van der Waals surface area contributed by atoms with E-state index < -0.39 is 0 Å². The van der Waals surface area contributed by atoms with E-state index in [2.05, 4.69) is 10.6 Å². The SMILES string of the molecule is O=C(COc1ccc(Cl)cc1)Nc1cccc(NC(=O)c2ccccc2Cl)c1. The molecule has 3 aromatic rings. The second kappa shape index (κ2) is 9.26. The fraction of sp³-hybridized carbons (Fsp3) is 0.0476. The van der Waals surface area contributed by atoms with Gasteiger partial charge in [0.25, 0.3) is 11.8 Å². The van der Waals surface area contributed by atoms with Gasteiger partial charge in [0.05, 0.1) is 10.6 Å². The van der Waals surface area contributed by atoms with Crippen molar-refractivity contribution < 1.29 is 14.3 Å². The normalized spacial score (nSPS) is 10.2. The predicted molar refractivity (Wildman–Crippen MR) is 111 cm³/mol. The third-order valence-corrected chi connectivity index (χ3v) is 4.29. The molecule has 0 atom stereocenters. The molecule has 0 bridgehead atoms. The lowest BCUT2D eigenvalue weighted by Gasteiger charge is -2.10. The minimum Gasteiger partial charge on any atom is -0.484 e. The van der Waals surface area contributed by atoms with Crippen LogP contribution in [0.25, 0.3) is 0 Å². The van der Waals surface area contributed by atoms with Gasteiger partial charge in [-0.25, -0.2) is 0 Å². The van der Waals surface area contributed by atoms with Crippen molar-refractivity contribution in [2.45, 2.75) is 0 Å². The van der Waals surface area contributed by atoms with Crippen molar-refractivity contribution >= 4 is 46.4 Å². The highest BCUT2D eigenvalue weighted by Crippen LogP contribution is 2.20. The number of ether oxygens (including phenoxy) is 1. The van der Waals surface area contributed by atoms with Crippen LogP contribution in [0.2, 0.25) is 10.0 Å². The van der Waals surface area contributed by atoms with Crippen LogP contribution in [0.15, 0.2) is 72.8 Å². The van der Waals surface area contributed by atoms with Crippen molar-refractivity contribution in [3.8, 4) is 5.75 Å². The summed E-state index contributed by atoms with van der Waals surface area (Å²) in [5.74, 6) is -0.120. The van der Waals surface area contributed by atoms with Crippen molar-refractivity contribution in [1.29, 1.82) is 0 Å². The summed E-state index contributed by atoms with van der Waals surface area (Å²) in [6.07, 6.45) is 0. The summed E-state index contributed by atoms with van der Waals surface area (Å²) in [6.45, 7) is -0.155. The summed E-state index contributed by atoms with van der Waals surface area (Å²) < 4.78 is 5.41. The first-order valence-electron chi connectivity index (χ1n) is 8.35. The van der Waals surface area contributed by atoms with Crippen LogP contribution in [-0.2, 0) is 4.79 Å². The van der Waals surface area contributed by atoms with E-state index in [0.717, 1.165) is 0 Å². The lowest BCUT2D eigenvalue weighted by Crippen LogP contribution is -2.20. The van der Waals surface area contributed by atoms with Crippen LogP contribution in [0, 0.1) is 0 Å². The molecule has 142 valence electrons. The number of amides is 2. The number of anilines is 2. The molecule has 7 heteroatoms. The van der Waals surface area contributed by atoms with Crippen LogP contribution in [0.1, 0.15) is 10.4 Å². The van der Waals surface area contributed by atoms with Gasteiger partial charge in [-0.2, -0.15) is 0 Å². The molecule has 0 saturated heterocycles. The number of hydrogen-bond donors (Lipinski definition) is 2. The number of carbonyl (C=O) groups excluding carboxylic acids is 2. The van der Waals surface area contributed by atoms with Gasteiger partial charge in [-0.05, 0) is 54.6 Å². The van der Waals surface area contributed by atoms with E-state index in [1.165, 1.54) is 0 Å². The first-order valence-corrected chi connectivity index (χ1v) is 9.11. The summed E-state index contributed by atoms with van der Waals surface area (Å²) >= 11 is 11.8. The molecule has 0 aromatic heterocycles. The zero-order valence-electron chi connectivity index (χ0n) is 14.6. The number of rotatable bonds is 6. The van der Waals surface area contributed by atoms with Gasteiger partial charge in [0.2, 0.25) is 0 Å². The summed E-state index contributed by atoms with van der Waals surface area (Å²) in [4.78, 5) is 24.4. The maximum absolute atomic E-state index is 12.3. The van der Waals surface area contributed by atoms with Crippen LogP contribution < -0.4 is 15.4 Å². The van der Waals surface area contributed by atoms with Crippen molar-refractivity contribution in [2.24, 2.45) is 0 Å². The van der Waals surface area contributed by atoms with E-state index in [1.807, 2.05) is 0 Å². The monoisotopic (exact) mass is 414 g/mol. The zero-order valence-corrected chi connectivity index (χ0v) is 16.1. The van der Waals surface area contributed by atoms with Gasteiger partial charge in [0.15, 0.2) is 6.61 Å². The van der Waals surface area contributed by atoms with Crippen LogP contribution in [0.5, 0.6) is 5.75 Å². The maximum atomic E-state index is 12.3. The number of hydrogen-bond acceptors (Lipinski definition) is 3. The zero-order chi connectivity index (χ0) is 19.9. The third kappa shape index (κ3) is 5.49. The Morgan fingerprint density at radius 1 is 0.821 bits per heavy atom. The molecule has 0 fully saturated rings. The molecular formula is C21H16Cl2N2O3. The minimum atomic E-state index is -0.333. The van der Waals surface area contributed by atoms with Gasteiger partial charge in [0, 0.05) is 16.4 Å². The van der Waals surface area contributed by atoms with Crippen LogP contribution in [-0.4, -0.2) is 18.4 Å². The topological polar surface area (TPSA) is 67.4 Å². The Morgan fingerprint density at radius 3 is 2.21 bits per heavy atom. The largest absolute Gasteiger partial charge is 0.484 e. The Kier molecular flexibility index (Phi) is 6.53. The van der Waals surface area contributed by atoms with Gasteiger partial charge < -0.3 is 15.4 Å². The molecule has 0 unspecified atom stereocenters. The number of carbonyl (C=O) groups is 2. The third-order valence-electron chi connectivity index (χ3n) is 3.71. The number of benzene rings is 3. The highest BCUT2D eigenvalue weighted by Gasteiger charge is 2.10. The lowest BCUT2D eigenvalue weighted by molar-refractivity contribution is -0.118. The lowest BCUT2D eigenvalue weighted by atomic mass is 10.2. The summed E-state index contributed by atoms with van der Waals surface area (Å²) in [5.41, 5.74) is 1.43. The molecule has 0 heterocycles. The second-order valence-electron chi connectivity index (χ2n) is 5.81. The first kappa shape index (κ1) is 19.7. The molecule has 3 rings (SSSR count). The van der Waals surface area contributed by atoms with E-state index in [9.17, 15) is 9.59 Å². The Labute approximate surface area is 172 Å². The molecule has 0 radical (unpaired) electrons. The molecule has 0 spiro atoms. The van der Waals surface area contributed by atoms with E-state index in [1.54, 1.807) is 72.8 Å². The molecular weight excluding hydrogens is 399 g/mol. The highest BCUT2D eigenvalue weighted by atomic mass is 35.5. The van der Waals surface area contributed by atoms with E-state index >= 15 is 0 Å². The number of nitrogens with one attached hydrogen (secondary N) is 2. The van der Waals surface area contributed by atoms with Gasteiger partial charge >= 0.3 is 0 Å². The van der Waals surface area contributed by atoms with Gasteiger partial charge in [-0.1, -0.05) is 41.4 Å². The minimum absolute atomic E-state index is 0.155. The van der Waals surface area contributed by atoms with E-state index in [-0.39, 0.29) is 18.4 Å². The van der Waals surface area contributed by atoms with Crippen LogP contribution in [0.4, 0.5) is 11.4 Å². The average molecular weight is 415 g/mol. The van der Waals surface area contributed by atoms with Crippen molar-refractivity contribution in [3.63, 3.8) is 0 Å². The summed E-state index contributed by atoms with van der Waals surface area (Å²) in [6, 6.07) is 20.3. The molecule has 0 aliphatic rings. The molecule has 3 aromatic carbocycles. The van der Waals surface area contributed by atoms with E-state index in [4.69, 9.17) is 27.9 Å². The van der Waals surface area contributed by atoms with Crippen LogP contribution >= 0.6 is 23.2 Å². The molecule has 0 aliphatic carbocycles. The molecule has 2 amide bonds. The van der Waals surface area contributed by atoms with Crippen molar-refractivity contribution in [3.05, 3.63) is 88.4 Å². The fourth-order valence-corrected chi connectivity index (χ4v) is 2.74. The molecule has 0 aliphatic heterocycles. The van der Waals surface area contributed by atoms with Crippen LogP contribution in [0.3, 0.4) is 0 Å². The molecule has 2 N–H and O–H groups in total. The molecule has 5 nitrogen and oxygen atoms in total. The summed E-state index contributed by atoms with van der Waals surface area (Å²) in [7, 11) is 0. The summed E-state index contributed by atoms with van der Waals surface area (Å²) in [5, 5.41) is 6.43. The maximum Gasteiger partial charge on any atom is 0.262 e. The average Bonchev–Trinajstić information content (AvgIpc) is 2.68. The van der Waals surface area contributed by atoms with E-state index in [0.29, 0.717) is 32.7 Å². The molecule has 28 heavy (non-hydrogen) atoms. The van der Waals surface area contributed by atoms with Gasteiger partial charge in [-0.15, -0.1) is 0 Å².